The lowest BCUT2D eigenvalue weighted by atomic mass is 9.98. The van der Waals surface area contributed by atoms with Crippen molar-refractivity contribution < 1.29 is 0 Å². The van der Waals surface area contributed by atoms with Gasteiger partial charge in [0, 0.05) is 27.1 Å². The molecule has 2 aliphatic rings. The van der Waals surface area contributed by atoms with E-state index in [9.17, 15) is 0 Å². The Morgan fingerprint density at radius 2 is 0.753 bits per heavy atom. The molecule has 0 spiro atoms. The van der Waals surface area contributed by atoms with E-state index in [1.807, 2.05) is 0 Å². The number of fused-ring (bicyclic) bond motifs is 8. The molecule has 0 atom stereocenters. The van der Waals surface area contributed by atoms with Crippen LogP contribution in [0.25, 0.3) is 89.2 Å². The number of aromatic nitrogens is 5. The van der Waals surface area contributed by atoms with Gasteiger partial charge in [0.25, 0.3) is 0 Å². The minimum Gasteiger partial charge on any atom is -0.278 e. The molecule has 13 aromatic rings. The Kier molecular flexibility index (Phi) is 11.8. The van der Waals surface area contributed by atoms with Gasteiger partial charge in [-0.1, -0.05) is 251 Å². The van der Waals surface area contributed by atoms with Crippen LogP contribution in [0.4, 0.5) is 0 Å². The first-order valence-electron chi connectivity index (χ1n) is 29.0. The van der Waals surface area contributed by atoms with Crippen molar-refractivity contribution in [3.8, 4) is 45.5 Å². The first kappa shape index (κ1) is 49.5. The number of hydrogen-bond acceptors (Lipinski definition) is 3. The lowest BCUT2D eigenvalue weighted by Gasteiger charge is -2.34. The van der Waals surface area contributed by atoms with Gasteiger partial charge in [0.2, 0.25) is 11.9 Å². The Balaban J connectivity index is 0.988. The van der Waals surface area contributed by atoms with E-state index in [1.165, 1.54) is 101 Å². The fourth-order valence-electron chi connectivity index (χ4n) is 14.7. The standard InChI is InChI=1S/C73H63N5Si3/c1-79(2)45-21-26-50-23-19-37-59(69(50)79)52-41-43-67-63(48-52)61-35-14-16-39-65(61)77(67)72-74-71(54-25-18-34-58(47-54)81(55-28-8-5-9-29-55,56-30-10-6-11-31-56)57-32-12-7-13-33-57)75-73(76-72)78-66-40-17-15-36-62(66)64-49-53(42-44-68(64)78)60-38-20-24-51-27-22-46-80(3,4)70(51)60/h5-20,23-25,28-44,47-49H,21-22,26-27,45-46H2,1-4H3. The summed E-state index contributed by atoms with van der Waals surface area (Å²) in [6, 6.07) is 91.1. The smallest absolute Gasteiger partial charge is 0.240 e. The highest BCUT2D eigenvalue weighted by molar-refractivity contribution is 7.20. The van der Waals surface area contributed by atoms with Crippen molar-refractivity contribution in [3.05, 3.63) is 248 Å². The molecule has 5 heterocycles. The normalized spacial score (nSPS) is 14.8. The molecule has 15 rings (SSSR count). The number of benzene rings is 10. The second-order valence-electron chi connectivity index (χ2n) is 24.0. The third kappa shape index (κ3) is 8.01. The summed E-state index contributed by atoms with van der Waals surface area (Å²) in [6.07, 6.45) is 4.87. The third-order valence-corrected chi connectivity index (χ3v) is 30.2. The molecule has 0 unspecified atom stereocenters. The van der Waals surface area contributed by atoms with Crippen LogP contribution >= 0.6 is 0 Å². The van der Waals surface area contributed by atoms with Crippen LogP contribution in [0.1, 0.15) is 24.0 Å². The molecule has 0 fully saturated rings. The van der Waals surface area contributed by atoms with Gasteiger partial charge in [0.05, 0.1) is 38.2 Å². The molecule has 3 aromatic heterocycles. The van der Waals surface area contributed by atoms with Gasteiger partial charge in [0.15, 0.2) is 13.9 Å². The Hall–Kier alpha value is -8.54. The molecule has 8 heteroatoms. The highest BCUT2D eigenvalue weighted by atomic mass is 28.3. The van der Waals surface area contributed by atoms with Gasteiger partial charge in [-0.25, -0.2) is 0 Å². The zero-order valence-corrected chi connectivity index (χ0v) is 49.5. The molecule has 0 aliphatic carbocycles. The largest absolute Gasteiger partial charge is 0.278 e. The monoisotopic (exact) mass is 1090 g/mol. The van der Waals surface area contributed by atoms with Crippen molar-refractivity contribution in [2.75, 3.05) is 0 Å². The minimum absolute atomic E-state index is 0.577. The summed E-state index contributed by atoms with van der Waals surface area (Å²) in [6.45, 7) is 10.2. The molecule has 0 bridgehead atoms. The Labute approximate surface area is 477 Å². The minimum atomic E-state index is -2.92. The van der Waals surface area contributed by atoms with Crippen molar-refractivity contribution >= 4 is 99.0 Å². The summed E-state index contributed by atoms with van der Waals surface area (Å²) in [4.78, 5) is 17.0. The molecule has 10 aromatic carbocycles. The average molecular weight is 1090 g/mol. The van der Waals surface area contributed by atoms with Crippen LogP contribution in [0.3, 0.4) is 0 Å². The van der Waals surface area contributed by atoms with Crippen LogP contribution in [-0.2, 0) is 12.8 Å². The second kappa shape index (κ2) is 19.3. The molecular formula is C73H63N5Si3. The predicted molar refractivity (Wildman–Crippen MR) is 349 cm³/mol. The first-order valence-corrected chi connectivity index (χ1v) is 37.4. The molecule has 5 nitrogen and oxygen atoms in total. The van der Waals surface area contributed by atoms with Gasteiger partial charge in [-0.05, 0) is 114 Å². The number of nitrogens with zero attached hydrogens (tertiary/aromatic N) is 5. The maximum absolute atomic E-state index is 5.70. The Morgan fingerprint density at radius 1 is 0.346 bits per heavy atom. The Bertz CT molecular complexity index is 4300. The quantitative estimate of drug-likeness (QED) is 0.107. The zero-order valence-electron chi connectivity index (χ0n) is 46.5. The van der Waals surface area contributed by atoms with Crippen LogP contribution < -0.4 is 31.1 Å². The lowest BCUT2D eigenvalue weighted by Crippen LogP contribution is -2.74. The van der Waals surface area contributed by atoms with Crippen LogP contribution in [0.15, 0.2) is 237 Å². The SMILES string of the molecule is C[Si]1(C)CCCc2cccc(-c3ccc4c(c3)c3ccccc3n4-c3nc(-c4cccc([Si](c5ccccc5)(c5ccccc5)c5ccccc5)c4)nc(-n4c5ccccc5c5cc(-c6cccc7c6[Si](C)(C)CCC7)ccc54)n3)c21. The topological polar surface area (TPSA) is 48.5 Å². The van der Waals surface area contributed by atoms with E-state index in [2.05, 4.69) is 272 Å². The highest BCUT2D eigenvalue weighted by Gasteiger charge is 2.42. The molecule has 0 amide bonds. The zero-order chi connectivity index (χ0) is 54.5. The van der Waals surface area contributed by atoms with Gasteiger partial charge in [-0.15, -0.1) is 0 Å². The van der Waals surface area contributed by atoms with Crippen molar-refractivity contribution in [2.24, 2.45) is 0 Å². The number of aryl methyl sites for hydroxylation is 2. The van der Waals surface area contributed by atoms with Gasteiger partial charge >= 0.3 is 0 Å². The van der Waals surface area contributed by atoms with E-state index in [4.69, 9.17) is 15.0 Å². The lowest BCUT2D eigenvalue weighted by molar-refractivity contribution is 0.889. The van der Waals surface area contributed by atoms with E-state index < -0.39 is 24.2 Å². The summed E-state index contributed by atoms with van der Waals surface area (Å²) >= 11 is 0. The van der Waals surface area contributed by atoms with E-state index in [0.717, 1.165) is 40.5 Å². The van der Waals surface area contributed by atoms with Gasteiger partial charge in [0.1, 0.15) is 0 Å². The van der Waals surface area contributed by atoms with E-state index in [-0.39, 0.29) is 0 Å². The van der Waals surface area contributed by atoms with Gasteiger partial charge in [-0.2, -0.15) is 15.0 Å². The number of para-hydroxylation sites is 2. The van der Waals surface area contributed by atoms with Crippen molar-refractivity contribution in [1.82, 2.24) is 24.1 Å². The van der Waals surface area contributed by atoms with Crippen molar-refractivity contribution in [1.29, 1.82) is 0 Å². The maximum atomic E-state index is 5.70. The van der Waals surface area contributed by atoms with E-state index >= 15 is 0 Å². The molecule has 0 saturated heterocycles. The fourth-order valence-corrected chi connectivity index (χ4v) is 26.2. The third-order valence-electron chi connectivity index (χ3n) is 18.3. The van der Waals surface area contributed by atoms with Crippen molar-refractivity contribution in [3.63, 3.8) is 0 Å². The molecule has 0 N–H and O–H groups in total. The van der Waals surface area contributed by atoms with Crippen LogP contribution in [0.2, 0.25) is 38.3 Å². The van der Waals surface area contributed by atoms with Crippen molar-refractivity contribution in [2.45, 2.75) is 64.0 Å². The number of hydrogen-bond donors (Lipinski definition) is 0. The molecule has 2 aliphatic heterocycles. The van der Waals surface area contributed by atoms with Crippen LogP contribution in [0.5, 0.6) is 0 Å². The highest BCUT2D eigenvalue weighted by Crippen LogP contribution is 2.39. The molecule has 81 heavy (non-hydrogen) atoms. The van der Waals surface area contributed by atoms with Crippen LogP contribution in [-0.4, -0.2) is 48.3 Å². The second-order valence-corrected chi connectivity index (χ2v) is 37.4. The maximum Gasteiger partial charge on any atom is 0.240 e. The summed E-state index contributed by atoms with van der Waals surface area (Å²) in [5, 5.41) is 13.2. The molecule has 0 radical (unpaired) electrons. The van der Waals surface area contributed by atoms with E-state index in [1.54, 1.807) is 10.4 Å². The summed E-state index contributed by atoms with van der Waals surface area (Å²) in [5.74, 6) is 1.77. The molecular weight excluding hydrogens is 1030 g/mol. The van der Waals surface area contributed by atoms with E-state index in [0.29, 0.717) is 17.7 Å². The first-order chi connectivity index (χ1) is 39.7. The van der Waals surface area contributed by atoms with Crippen LogP contribution in [0, 0.1) is 0 Å². The number of rotatable bonds is 9. The predicted octanol–water partition coefficient (Wildman–Crippen LogP) is 14.2. The van der Waals surface area contributed by atoms with Gasteiger partial charge < -0.3 is 0 Å². The fraction of sp³-hybridized carbons (Fsp3) is 0.137. The summed E-state index contributed by atoms with van der Waals surface area (Å²) in [7, 11) is -6.23. The Morgan fingerprint density at radius 3 is 1.22 bits per heavy atom. The molecule has 392 valence electrons. The summed E-state index contributed by atoms with van der Waals surface area (Å²) < 4.78 is 4.58. The molecule has 0 saturated carbocycles. The summed E-state index contributed by atoms with van der Waals surface area (Å²) in [5.41, 5.74) is 13.6. The average Bonchev–Trinajstić information content (AvgIpc) is 4.22. The van der Waals surface area contributed by atoms with Gasteiger partial charge in [-0.3, -0.25) is 9.13 Å².